The molecule has 33 heavy (non-hydrogen) atoms. The van der Waals surface area contributed by atoms with Gasteiger partial charge in [-0.2, -0.15) is 0 Å². The van der Waals surface area contributed by atoms with Gasteiger partial charge < -0.3 is 14.3 Å². The van der Waals surface area contributed by atoms with Gasteiger partial charge in [0, 0.05) is 41.1 Å². The number of hydrogen-bond donors (Lipinski definition) is 2. The van der Waals surface area contributed by atoms with Gasteiger partial charge >= 0.3 is 0 Å². The highest BCUT2D eigenvalue weighted by Gasteiger charge is 2.24. The first kappa shape index (κ1) is 21.0. The molecule has 0 saturated carbocycles. The number of guanidine groups is 1. The number of rotatable bonds is 3. The Balaban J connectivity index is 1.49. The monoisotopic (exact) mass is 443 g/mol. The third-order valence-electron chi connectivity index (χ3n) is 5.89. The molecule has 4 aromatic rings. The van der Waals surface area contributed by atoms with Crippen LogP contribution in [-0.2, 0) is 11.9 Å². The highest BCUT2D eigenvalue weighted by molar-refractivity contribution is 5.95. The smallest absolute Gasteiger partial charge is 0.258 e. The molecule has 0 aliphatic carbocycles. The molecule has 1 aromatic carbocycles. The van der Waals surface area contributed by atoms with E-state index in [1.54, 1.807) is 17.8 Å². The van der Waals surface area contributed by atoms with Gasteiger partial charge in [-0.1, -0.05) is 6.07 Å². The van der Waals surface area contributed by atoms with Gasteiger partial charge in [0.05, 0.1) is 5.52 Å². The quantitative estimate of drug-likeness (QED) is 0.487. The van der Waals surface area contributed by atoms with Crippen molar-refractivity contribution in [2.45, 2.75) is 33.9 Å². The topological polar surface area (TPSA) is 93.7 Å². The van der Waals surface area contributed by atoms with E-state index in [1.807, 2.05) is 64.1 Å². The standard InChI is InChI=1S/C25H25N5O3/c1-13-6-7-18(27-25-28-23(33-29-25)20-9-15(3)32-16(20)4)11-19(13)21-10-17-12-26-14(2)8-22(17)30(5)24(21)31/h6-12,23H,1-5H3,(H2,27,28,29). The van der Waals surface area contributed by atoms with E-state index in [2.05, 4.69) is 20.8 Å². The fraction of sp³-hybridized carbons (Fsp3) is 0.240. The number of nitrogens with zero attached hydrogens (tertiary/aromatic N) is 3. The van der Waals surface area contributed by atoms with Crippen LogP contribution >= 0.6 is 0 Å². The number of nitrogens with one attached hydrogen (secondary N) is 2. The van der Waals surface area contributed by atoms with Crippen molar-refractivity contribution in [3.05, 3.63) is 81.3 Å². The van der Waals surface area contributed by atoms with Crippen LogP contribution in [0.4, 0.5) is 5.69 Å². The first-order valence-corrected chi connectivity index (χ1v) is 10.7. The van der Waals surface area contributed by atoms with Crippen molar-refractivity contribution < 1.29 is 9.25 Å². The minimum atomic E-state index is -0.487. The Kier molecular flexibility index (Phi) is 5.02. The normalized spacial score (nSPS) is 15.5. The molecule has 1 aliphatic rings. The molecule has 0 bridgehead atoms. The van der Waals surface area contributed by atoms with E-state index in [1.165, 1.54) is 0 Å². The van der Waals surface area contributed by atoms with Crippen LogP contribution < -0.4 is 16.4 Å². The number of benzene rings is 1. The van der Waals surface area contributed by atoms with Crippen LogP contribution in [0.3, 0.4) is 0 Å². The Morgan fingerprint density at radius 3 is 2.64 bits per heavy atom. The van der Waals surface area contributed by atoms with E-state index in [0.29, 0.717) is 11.5 Å². The maximum atomic E-state index is 13.2. The molecule has 0 amide bonds. The van der Waals surface area contributed by atoms with E-state index in [9.17, 15) is 4.79 Å². The van der Waals surface area contributed by atoms with Gasteiger partial charge in [0.25, 0.3) is 5.56 Å². The van der Waals surface area contributed by atoms with Crippen LogP contribution in [0.5, 0.6) is 0 Å². The molecule has 168 valence electrons. The van der Waals surface area contributed by atoms with Crippen molar-refractivity contribution in [2.24, 2.45) is 12.0 Å². The highest BCUT2D eigenvalue weighted by atomic mass is 16.7. The Hall–Kier alpha value is -3.91. The van der Waals surface area contributed by atoms with Gasteiger partial charge in [0.2, 0.25) is 12.2 Å². The summed E-state index contributed by atoms with van der Waals surface area (Å²) in [7, 11) is 1.79. The number of aryl methyl sites for hydroxylation is 5. The second-order valence-corrected chi connectivity index (χ2v) is 8.38. The largest absolute Gasteiger partial charge is 0.466 e. The lowest BCUT2D eigenvalue weighted by atomic mass is 9.99. The Morgan fingerprint density at radius 2 is 1.88 bits per heavy atom. The van der Waals surface area contributed by atoms with Gasteiger partial charge in [-0.25, -0.2) is 15.3 Å². The number of aromatic nitrogens is 2. The third kappa shape index (κ3) is 3.78. The van der Waals surface area contributed by atoms with Gasteiger partial charge in [0.15, 0.2) is 0 Å². The lowest BCUT2D eigenvalue weighted by Gasteiger charge is -2.13. The lowest BCUT2D eigenvalue weighted by molar-refractivity contribution is 0.0367. The molecule has 0 spiro atoms. The number of aliphatic imine (C=N–C) groups is 1. The minimum absolute atomic E-state index is 0.0566. The second-order valence-electron chi connectivity index (χ2n) is 8.38. The molecule has 1 aliphatic heterocycles. The summed E-state index contributed by atoms with van der Waals surface area (Å²) >= 11 is 0. The molecule has 8 nitrogen and oxygen atoms in total. The summed E-state index contributed by atoms with van der Waals surface area (Å²) in [6.45, 7) is 7.69. The summed E-state index contributed by atoms with van der Waals surface area (Å²) in [5.41, 5.74) is 8.65. The van der Waals surface area contributed by atoms with Crippen LogP contribution in [0.15, 0.2) is 56.8 Å². The number of anilines is 1. The van der Waals surface area contributed by atoms with Gasteiger partial charge in [-0.15, -0.1) is 0 Å². The Bertz CT molecular complexity index is 1480. The average Bonchev–Trinajstić information content (AvgIpc) is 3.38. The number of fused-ring (bicyclic) bond motifs is 1. The van der Waals surface area contributed by atoms with E-state index < -0.39 is 6.23 Å². The number of hydrogen-bond acceptors (Lipinski definition) is 7. The van der Waals surface area contributed by atoms with E-state index in [4.69, 9.17) is 9.25 Å². The van der Waals surface area contributed by atoms with Crippen molar-refractivity contribution in [2.75, 3.05) is 5.32 Å². The third-order valence-corrected chi connectivity index (χ3v) is 5.89. The van der Waals surface area contributed by atoms with Crippen molar-refractivity contribution >= 4 is 22.5 Å². The summed E-state index contributed by atoms with van der Waals surface area (Å²) in [4.78, 5) is 27.8. The summed E-state index contributed by atoms with van der Waals surface area (Å²) in [6, 6.07) is 11.6. The number of pyridine rings is 2. The highest BCUT2D eigenvalue weighted by Crippen LogP contribution is 2.29. The van der Waals surface area contributed by atoms with Crippen LogP contribution in [-0.4, -0.2) is 15.5 Å². The van der Waals surface area contributed by atoms with Crippen molar-refractivity contribution in [1.82, 2.24) is 15.0 Å². The van der Waals surface area contributed by atoms with Gasteiger partial charge in [-0.3, -0.25) is 9.78 Å². The molecule has 0 radical (unpaired) electrons. The molecule has 4 heterocycles. The van der Waals surface area contributed by atoms with Crippen LogP contribution in [0.1, 0.15) is 34.6 Å². The first-order chi connectivity index (χ1) is 15.8. The summed E-state index contributed by atoms with van der Waals surface area (Å²) in [5, 5.41) is 4.16. The molecular weight excluding hydrogens is 418 g/mol. The van der Waals surface area contributed by atoms with Crippen LogP contribution in [0.2, 0.25) is 0 Å². The predicted octanol–water partition coefficient (Wildman–Crippen LogP) is 4.43. The molecular formula is C25H25N5O3. The SMILES string of the molecule is Cc1cc2c(cn1)cc(-c1cc(NC3=NC(c4cc(C)oc4C)ON3)ccc1C)c(=O)n2C. The Morgan fingerprint density at radius 1 is 1.06 bits per heavy atom. The minimum Gasteiger partial charge on any atom is -0.466 e. The van der Waals surface area contributed by atoms with E-state index in [-0.39, 0.29) is 5.56 Å². The molecule has 2 N–H and O–H groups in total. The average molecular weight is 444 g/mol. The summed E-state index contributed by atoms with van der Waals surface area (Å²) in [6.07, 6.45) is 1.32. The van der Waals surface area contributed by atoms with Crippen molar-refractivity contribution in [1.29, 1.82) is 0 Å². The first-order valence-electron chi connectivity index (χ1n) is 10.7. The van der Waals surface area contributed by atoms with Gasteiger partial charge in [0.1, 0.15) is 11.5 Å². The van der Waals surface area contributed by atoms with E-state index >= 15 is 0 Å². The molecule has 5 rings (SSSR count). The molecule has 0 saturated heterocycles. The van der Waals surface area contributed by atoms with Crippen LogP contribution in [0.25, 0.3) is 22.0 Å². The molecule has 0 fully saturated rings. The lowest BCUT2D eigenvalue weighted by Crippen LogP contribution is -2.25. The van der Waals surface area contributed by atoms with Crippen LogP contribution in [0, 0.1) is 27.7 Å². The maximum Gasteiger partial charge on any atom is 0.258 e. The number of furan rings is 1. The molecule has 8 heteroatoms. The molecule has 1 atom stereocenters. The van der Waals surface area contributed by atoms with E-state index in [0.717, 1.165) is 50.5 Å². The summed E-state index contributed by atoms with van der Waals surface area (Å²) in [5.74, 6) is 2.08. The predicted molar refractivity (Wildman–Crippen MR) is 128 cm³/mol. The van der Waals surface area contributed by atoms with Crippen molar-refractivity contribution in [3.8, 4) is 11.1 Å². The summed E-state index contributed by atoms with van der Waals surface area (Å²) < 4.78 is 7.26. The molecule has 1 unspecified atom stereocenters. The Labute approximate surface area is 190 Å². The zero-order valence-corrected chi connectivity index (χ0v) is 19.2. The number of hydroxylamine groups is 1. The zero-order valence-electron chi connectivity index (χ0n) is 19.2. The second kappa shape index (κ2) is 7.90. The molecule has 3 aromatic heterocycles. The fourth-order valence-corrected chi connectivity index (χ4v) is 4.15. The maximum absolute atomic E-state index is 13.2. The van der Waals surface area contributed by atoms with Gasteiger partial charge in [-0.05, 0) is 69.2 Å². The fourth-order valence-electron chi connectivity index (χ4n) is 4.15. The zero-order chi connectivity index (χ0) is 23.3. The van der Waals surface area contributed by atoms with Crippen molar-refractivity contribution in [3.63, 3.8) is 0 Å².